The van der Waals surface area contributed by atoms with Crippen LogP contribution in [0.1, 0.15) is 10.4 Å². The standard InChI is InChI=1S/C16H12N4O7/c21-15(10-4-2-1-3-5-10)9-13(16(22)23)18-17-12-7-6-11(19(24)25)8-14(12)20(26)27/h1-9,17-18H,(H,22,23). The van der Waals surface area contributed by atoms with Crippen molar-refractivity contribution in [1.29, 1.82) is 0 Å². The molecule has 0 aliphatic heterocycles. The molecule has 0 spiro atoms. The number of carbonyl (C=O) groups excluding carboxylic acids is 1. The number of nitrogens with zero attached hydrogens (tertiary/aromatic N) is 2. The first kappa shape index (κ1) is 19.1. The molecule has 0 bridgehead atoms. The second-order valence-electron chi connectivity index (χ2n) is 5.06. The van der Waals surface area contributed by atoms with Crippen LogP contribution in [-0.4, -0.2) is 26.7 Å². The highest BCUT2D eigenvalue weighted by Gasteiger charge is 2.20. The Kier molecular flexibility index (Phi) is 5.79. The molecule has 11 nitrogen and oxygen atoms in total. The molecular formula is C16H12N4O7. The maximum Gasteiger partial charge on any atom is 0.353 e. The van der Waals surface area contributed by atoms with E-state index >= 15 is 0 Å². The van der Waals surface area contributed by atoms with E-state index in [-0.39, 0.29) is 11.3 Å². The zero-order valence-corrected chi connectivity index (χ0v) is 13.5. The number of carboxylic acids is 1. The smallest absolute Gasteiger partial charge is 0.353 e. The van der Waals surface area contributed by atoms with Crippen molar-refractivity contribution in [1.82, 2.24) is 5.43 Å². The van der Waals surface area contributed by atoms with E-state index in [1.807, 2.05) is 0 Å². The van der Waals surface area contributed by atoms with Gasteiger partial charge in [-0.25, -0.2) is 4.79 Å². The first-order chi connectivity index (χ1) is 12.8. The van der Waals surface area contributed by atoms with E-state index in [9.17, 15) is 34.9 Å². The first-order valence-electron chi connectivity index (χ1n) is 7.29. The van der Waals surface area contributed by atoms with Crippen LogP contribution in [0, 0.1) is 20.2 Å². The summed E-state index contributed by atoms with van der Waals surface area (Å²) >= 11 is 0. The molecule has 0 radical (unpaired) electrons. The molecule has 3 N–H and O–H groups in total. The Morgan fingerprint density at radius 1 is 1.00 bits per heavy atom. The number of hydrogen-bond donors (Lipinski definition) is 3. The maximum absolute atomic E-state index is 12.1. The number of anilines is 1. The largest absolute Gasteiger partial charge is 0.477 e. The molecule has 0 amide bonds. The van der Waals surface area contributed by atoms with Crippen molar-refractivity contribution >= 4 is 28.8 Å². The van der Waals surface area contributed by atoms with Gasteiger partial charge in [0.1, 0.15) is 11.4 Å². The van der Waals surface area contributed by atoms with Crippen LogP contribution in [0.2, 0.25) is 0 Å². The molecule has 2 rings (SSSR count). The number of ketones is 1. The number of carbonyl (C=O) groups is 2. The number of carboxylic acid groups (broad SMARTS) is 1. The van der Waals surface area contributed by atoms with Crippen LogP contribution >= 0.6 is 0 Å². The zero-order valence-electron chi connectivity index (χ0n) is 13.5. The number of hydrazine groups is 1. The Morgan fingerprint density at radius 3 is 2.22 bits per heavy atom. The molecular weight excluding hydrogens is 360 g/mol. The number of nitro groups is 2. The summed E-state index contributed by atoms with van der Waals surface area (Å²) in [4.78, 5) is 43.5. The van der Waals surface area contributed by atoms with Gasteiger partial charge in [0.25, 0.3) is 5.69 Å². The van der Waals surface area contributed by atoms with Crippen LogP contribution in [0.4, 0.5) is 17.1 Å². The van der Waals surface area contributed by atoms with E-state index in [2.05, 4.69) is 10.9 Å². The molecule has 138 valence electrons. The van der Waals surface area contributed by atoms with Crippen molar-refractivity contribution in [2.45, 2.75) is 0 Å². The second kappa shape index (κ2) is 8.20. The van der Waals surface area contributed by atoms with Crippen LogP contribution in [0.25, 0.3) is 0 Å². The van der Waals surface area contributed by atoms with E-state index < -0.39 is 38.7 Å². The molecule has 0 aliphatic rings. The lowest BCUT2D eigenvalue weighted by Gasteiger charge is -2.10. The fraction of sp³-hybridized carbons (Fsp3) is 0. The molecule has 27 heavy (non-hydrogen) atoms. The lowest BCUT2D eigenvalue weighted by Crippen LogP contribution is -2.27. The Balaban J connectivity index is 2.25. The summed E-state index contributed by atoms with van der Waals surface area (Å²) in [6.07, 6.45) is 0.807. The zero-order chi connectivity index (χ0) is 20.0. The van der Waals surface area contributed by atoms with E-state index in [0.717, 1.165) is 24.3 Å². The SMILES string of the molecule is O=C(O)C(=CC(=O)c1ccccc1)NNc1ccc([N+](=O)[O-])cc1[N+](=O)[O-]. The number of rotatable bonds is 8. The van der Waals surface area contributed by atoms with Gasteiger partial charge in [-0.05, 0) is 6.07 Å². The fourth-order valence-corrected chi connectivity index (χ4v) is 1.99. The van der Waals surface area contributed by atoms with Crippen molar-refractivity contribution in [2.24, 2.45) is 0 Å². The third-order valence-electron chi connectivity index (χ3n) is 3.28. The highest BCUT2D eigenvalue weighted by molar-refractivity contribution is 6.08. The van der Waals surface area contributed by atoms with Crippen molar-refractivity contribution in [2.75, 3.05) is 5.43 Å². The summed E-state index contributed by atoms with van der Waals surface area (Å²) in [5.74, 6) is -2.09. The lowest BCUT2D eigenvalue weighted by molar-refractivity contribution is -0.393. The van der Waals surface area contributed by atoms with Gasteiger partial charge in [0.2, 0.25) is 0 Å². The number of nitrogens with one attached hydrogen (secondary N) is 2. The minimum Gasteiger partial charge on any atom is -0.477 e. The Bertz CT molecular complexity index is 941. The number of nitro benzene ring substituents is 2. The highest BCUT2D eigenvalue weighted by Crippen LogP contribution is 2.28. The van der Waals surface area contributed by atoms with Gasteiger partial charge in [-0.1, -0.05) is 30.3 Å². The van der Waals surface area contributed by atoms with Crippen molar-refractivity contribution in [3.05, 3.63) is 86.1 Å². The highest BCUT2D eigenvalue weighted by atomic mass is 16.6. The van der Waals surface area contributed by atoms with Gasteiger partial charge in [0, 0.05) is 17.7 Å². The fourth-order valence-electron chi connectivity index (χ4n) is 1.99. The van der Waals surface area contributed by atoms with Gasteiger partial charge < -0.3 is 5.11 Å². The second-order valence-corrected chi connectivity index (χ2v) is 5.06. The molecule has 0 aromatic heterocycles. The molecule has 0 aliphatic carbocycles. The van der Waals surface area contributed by atoms with E-state index in [0.29, 0.717) is 0 Å². The Morgan fingerprint density at radius 2 is 1.67 bits per heavy atom. The topological polar surface area (TPSA) is 165 Å². The average molecular weight is 372 g/mol. The minimum absolute atomic E-state index is 0.218. The molecule has 0 fully saturated rings. The molecule has 0 saturated heterocycles. The van der Waals surface area contributed by atoms with Crippen molar-refractivity contribution in [3.63, 3.8) is 0 Å². The van der Waals surface area contributed by atoms with Gasteiger partial charge in [-0.2, -0.15) is 0 Å². The summed E-state index contributed by atoms with van der Waals surface area (Å²) in [5.41, 5.74) is 2.80. The average Bonchev–Trinajstić information content (AvgIpc) is 2.65. The van der Waals surface area contributed by atoms with Gasteiger partial charge in [-0.3, -0.25) is 35.9 Å². The normalized spacial score (nSPS) is 10.7. The van der Waals surface area contributed by atoms with Gasteiger partial charge >= 0.3 is 11.7 Å². The van der Waals surface area contributed by atoms with Crippen molar-refractivity contribution in [3.8, 4) is 0 Å². The van der Waals surface area contributed by atoms with Crippen LogP contribution in [0.5, 0.6) is 0 Å². The molecule has 0 saturated carbocycles. The van der Waals surface area contributed by atoms with E-state index in [1.54, 1.807) is 18.2 Å². The lowest BCUT2D eigenvalue weighted by atomic mass is 10.1. The number of allylic oxidation sites excluding steroid dienone is 1. The van der Waals surface area contributed by atoms with Crippen LogP contribution in [-0.2, 0) is 4.79 Å². The minimum atomic E-state index is -1.49. The molecule has 0 heterocycles. The van der Waals surface area contributed by atoms with E-state index in [1.165, 1.54) is 12.1 Å². The molecule has 2 aromatic rings. The quantitative estimate of drug-likeness (QED) is 0.273. The van der Waals surface area contributed by atoms with Crippen LogP contribution < -0.4 is 10.9 Å². The molecule has 11 heteroatoms. The molecule has 0 atom stereocenters. The van der Waals surface area contributed by atoms with Gasteiger partial charge in [-0.15, -0.1) is 0 Å². The van der Waals surface area contributed by atoms with Gasteiger partial charge in [0.05, 0.1) is 15.9 Å². The summed E-state index contributed by atoms with van der Waals surface area (Å²) in [5, 5.41) is 31.0. The summed E-state index contributed by atoms with van der Waals surface area (Å²) in [6.45, 7) is 0. The Labute approximate surface area is 151 Å². The number of aliphatic carboxylic acids is 1. The third kappa shape index (κ3) is 4.85. The number of non-ortho nitro benzene ring substituents is 1. The first-order valence-corrected chi connectivity index (χ1v) is 7.29. The summed E-state index contributed by atoms with van der Waals surface area (Å²) in [7, 11) is 0. The number of hydrogen-bond acceptors (Lipinski definition) is 8. The molecule has 0 unspecified atom stereocenters. The van der Waals surface area contributed by atoms with Crippen LogP contribution in [0.15, 0.2) is 60.3 Å². The predicted molar refractivity (Wildman–Crippen MR) is 93.0 cm³/mol. The monoisotopic (exact) mass is 372 g/mol. The number of benzene rings is 2. The van der Waals surface area contributed by atoms with Crippen LogP contribution in [0.3, 0.4) is 0 Å². The third-order valence-corrected chi connectivity index (χ3v) is 3.28. The summed E-state index contributed by atoms with van der Waals surface area (Å²) < 4.78 is 0. The van der Waals surface area contributed by atoms with Gasteiger partial charge in [0.15, 0.2) is 5.78 Å². The Hall–Kier alpha value is -4.28. The predicted octanol–water partition coefficient (Wildman–Crippen LogP) is 2.27. The van der Waals surface area contributed by atoms with Crippen molar-refractivity contribution < 1.29 is 24.5 Å². The maximum atomic E-state index is 12.1. The summed E-state index contributed by atoms with van der Waals surface area (Å²) in [6, 6.07) is 10.7. The van der Waals surface area contributed by atoms with E-state index in [4.69, 9.17) is 0 Å². The molecule has 2 aromatic carbocycles.